The smallest absolute Gasteiger partial charge is 0.324 e. The molecule has 0 atom stereocenters. The Morgan fingerprint density at radius 2 is 1.58 bits per heavy atom. The van der Waals surface area contributed by atoms with Gasteiger partial charge in [-0.1, -0.05) is 29.3 Å². The van der Waals surface area contributed by atoms with E-state index in [2.05, 4.69) is 4.98 Å². The Kier molecular flexibility index (Phi) is 3.09. The van der Waals surface area contributed by atoms with Crippen LogP contribution >= 0.6 is 0 Å². The minimum absolute atomic E-state index is 0.148. The van der Waals surface area contributed by atoms with Crippen molar-refractivity contribution in [1.29, 1.82) is 0 Å². The van der Waals surface area contributed by atoms with Crippen LogP contribution in [0, 0.1) is 0 Å². The first-order valence-electron chi connectivity index (χ1n) is 7.19. The summed E-state index contributed by atoms with van der Waals surface area (Å²) in [6, 6.07) is 13.3. The summed E-state index contributed by atoms with van der Waals surface area (Å²) in [6.07, 6.45) is 2.81. The lowest BCUT2D eigenvalue weighted by molar-refractivity contribution is -0.0620. The predicted molar refractivity (Wildman–Crippen MR) is 84.1 cm³/mol. The summed E-state index contributed by atoms with van der Waals surface area (Å²) < 4.78 is 0. The first kappa shape index (κ1) is 14.1. The zero-order valence-corrected chi connectivity index (χ0v) is 12.3. The minimum Gasteiger partial charge on any atom is -0.324 e. The maximum atomic E-state index is 12.6. The quantitative estimate of drug-likeness (QED) is 0.679. The Balaban J connectivity index is 1.76. The summed E-state index contributed by atoms with van der Waals surface area (Å²) in [5, 5.41) is 1.86. The van der Waals surface area contributed by atoms with Crippen molar-refractivity contribution in [2.45, 2.75) is 0 Å². The highest BCUT2D eigenvalue weighted by Gasteiger charge is 2.36. The normalized spacial score (nSPS) is 13.2. The van der Waals surface area contributed by atoms with Crippen LogP contribution in [0.5, 0.6) is 0 Å². The largest absolute Gasteiger partial charge is 0.365 e. The molecular formula is C18H10N2O4. The van der Waals surface area contributed by atoms with Crippen LogP contribution < -0.4 is 0 Å². The maximum absolute atomic E-state index is 12.6. The van der Waals surface area contributed by atoms with Crippen molar-refractivity contribution in [1.82, 2.24) is 10.0 Å². The molecule has 0 spiro atoms. The van der Waals surface area contributed by atoms with E-state index in [1.54, 1.807) is 30.3 Å². The molecule has 0 aliphatic carbocycles. The van der Waals surface area contributed by atoms with Crippen LogP contribution in [0.4, 0.5) is 0 Å². The van der Waals surface area contributed by atoms with Crippen molar-refractivity contribution in [3.63, 3.8) is 0 Å². The molecule has 2 aromatic carbocycles. The van der Waals surface area contributed by atoms with Gasteiger partial charge in [0.05, 0.1) is 16.7 Å². The van der Waals surface area contributed by atoms with Crippen LogP contribution in [0.25, 0.3) is 10.8 Å². The highest BCUT2D eigenvalue weighted by molar-refractivity contribution is 6.25. The van der Waals surface area contributed by atoms with E-state index in [1.807, 2.05) is 12.1 Å². The van der Waals surface area contributed by atoms with Crippen LogP contribution in [0.3, 0.4) is 0 Å². The Morgan fingerprint density at radius 1 is 0.917 bits per heavy atom. The fourth-order valence-electron chi connectivity index (χ4n) is 2.71. The first-order valence-corrected chi connectivity index (χ1v) is 7.19. The molecule has 0 radical (unpaired) electrons. The second-order valence-corrected chi connectivity index (χ2v) is 5.23. The third-order valence-corrected chi connectivity index (χ3v) is 3.81. The van der Waals surface area contributed by atoms with Crippen LogP contribution in [0.2, 0.25) is 0 Å². The molecule has 0 unspecified atom stereocenters. The van der Waals surface area contributed by atoms with Gasteiger partial charge in [-0.05, 0) is 29.7 Å². The number of hydrogen-bond acceptors (Lipinski definition) is 5. The van der Waals surface area contributed by atoms with Gasteiger partial charge in [-0.3, -0.25) is 14.6 Å². The highest BCUT2D eigenvalue weighted by Crippen LogP contribution is 2.30. The van der Waals surface area contributed by atoms with Crippen LogP contribution in [0.1, 0.15) is 31.1 Å². The third-order valence-electron chi connectivity index (χ3n) is 3.81. The lowest BCUT2D eigenvalue weighted by atomic mass is 9.95. The van der Waals surface area contributed by atoms with Crippen molar-refractivity contribution < 1.29 is 19.2 Å². The van der Waals surface area contributed by atoms with E-state index in [0.29, 0.717) is 21.6 Å². The Morgan fingerprint density at radius 3 is 2.17 bits per heavy atom. The number of benzene rings is 2. The topological polar surface area (TPSA) is 76.6 Å². The van der Waals surface area contributed by atoms with Crippen LogP contribution in [-0.2, 0) is 4.84 Å². The second-order valence-electron chi connectivity index (χ2n) is 5.23. The number of amides is 2. The van der Waals surface area contributed by atoms with Crippen molar-refractivity contribution >= 4 is 28.6 Å². The number of carbonyl (C=O) groups is 3. The number of aromatic nitrogens is 1. The number of hydrogen-bond donors (Lipinski definition) is 0. The van der Waals surface area contributed by atoms with E-state index < -0.39 is 17.8 Å². The van der Waals surface area contributed by atoms with Gasteiger partial charge in [0.15, 0.2) is 0 Å². The Bertz CT molecular complexity index is 948. The summed E-state index contributed by atoms with van der Waals surface area (Å²) in [7, 11) is 0. The van der Waals surface area contributed by atoms with E-state index in [4.69, 9.17) is 4.84 Å². The summed E-state index contributed by atoms with van der Waals surface area (Å²) in [4.78, 5) is 46.2. The predicted octanol–water partition coefficient (Wildman–Crippen LogP) is 2.60. The number of imide groups is 1. The Labute approximate surface area is 136 Å². The van der Waals surface area contributed by atoms with Gasteiger partial charge in [0.25, 0.3) is 11.8 Å². The lowest BCUT2D eigenvalue weighted by Gasteiger charge is -2.25. The van der Waals surface area contributed by atoms with E-state index >= 15 is 0 Å². The molecule has 0 saturated carbocycles. The maximum Gasteiger partial charge on any atom is 0.365 e. The molecule has 6 nitrogen and oxygen atoms in total. The minimum atomic E-state index is -0.823. The van der Waals surface area contributed by atoms with Crippen LogP contribution in [0.15, 0.2) is 60.9 Å². The van der Waals surface area contributed by atoms with Gasteiger partial charge in [-0.25, -0.2) is 4.79 Å². The van der Waals surface area contributed by atoms with Gasteiger partial charge in [0, 0.05) is 17.8 Å². The van der Waals surface area contributed by atoms with Gasteiger partial charge in [-0.2, -0.15) is 0 Å². The molecule has 0 N–H and O–H groups in total. The lowest BCUT2D eigenvalue weighted by Crippen LogP contribution is -2.41. The molecule has 116 valence electrons. The SMILES string of the molecule is O=C(ON1C(=O)c2cccc3cccc(c23)C1=O)c1cccnc1. The molecule has 2 amide bonds. The monoisotopic (exact) mass is 318 g/mol. The number of rotatable bonds is 2. The molecule has 1 aromatic heterocycles. The molecule has 0 fully saturated rings. The van der Waals surface area contributed by atoms with Crippen molar-refractivity contribution in [2.75, 3.05) is 0 Å². The second kappa shape index (κ2) is 5.27. The molecule has 24 heavy (non-hydrogen) atoms. The zero-order chi connectivity index (χ0) is 16.7. The number of pyridine rings is 1. The van der Waals surface area contributed by atoms with Gasteiger partial charge in [0.1, 0.15) is 0 Å². The summed E-state index contributed by atoms with van der Waals surface area (Å²) >= 11 is 0. The Hall–Kier alpha value is -3.54. The highest BCUT2D eigenvalue weighted by atomic mass is 16.7. The molecule has 4 rings (SSSR count). The number of carbonyl (C=O) groups excluding carboxylic acids is 3. The van der Waals surface area contributed by atoms with Gasteiger partial charge >= 0.3 is 5.97 Å². The van der Waals surface area contributed by atoms with Gasteiger partial charge in [0.2, 0.25) is 0 Å². The van der Waals surface area contributed by atoms with Gasteiger partial charge < -0.3 is 4.84 Å². The van der Waals surface area contributed by atoms with Crippen molar-refractivity contribution in [3.05, 3.63) is 77.6 Å². The molecule has 1 aliphatic heterocycles. The number of nitrogens with zero attached hydrogens (tertiary/aromatic N) is 2. The van der Waals surface area contributed by atoms with Gasteiger partial charge in [-0.15, -0.1) is 0 Å². The standard InChI is InChI=1S/C18H10N2O4/c21-16-13-7-1-4-11-5-2-8-14(15(11)13)17(22)20(16)24-18(23)12-6-3-9-19-10-12/h1-10H. The van der Waals surface area contributed by atoms with Crippen molar-refractivity contribution in [2.24, 2.45) is 0 Å². The van der Waals surface area contributed by atoms with E-state index in [0.717, 1.165) is 5.39 Å². The van der Waals surface area contributed by atoms with E-state index in [-0.39, 0.29) is 5.56 Å². The van der Waals surface area contributed by atoms with E-state index in [1.165, 1.54) is 18.5 Å². The molecule has 6 heteroatoms. The average Bonchev–Trinajstić information content (AvgIpc) is 2.63. The van der Waals surface area contributed by atoms with E-state index in [9.17, 15) is 14.4 Å². The van der Waals surface area contributed by atoms with Crippen molar-refractivity contribution in [3.8, 4) is 0 Å². The molecular weight excluding hydrogens is 308 g/mol. The molecule has 1 aliphatic rings. The molecule has 2 heterocycles. The number of hydroxylamine groups is 2. The summed E-state index contributed by atoms with van der Waals surface area (Å²) in [6.45, 7) is 0. The molecule has 3 aromatic rings. The summed E-state index contributed by atoms with van der Waals surface area (Å²) in [5.41, 5.74) is 0.790. The first-order chi connectivity index (χ1) is 11.7. The fraction of sp³-hybridized carbons (Fsp3) is 0. The third kappa shape index (κ3) is 2.04. The van der Waals surface area contributed by atoms with Crippen LogP contribution in [-0.4, -0.2) is 27.8 Å². The summed E-state index contributed by atoms with van der Waals surface area (Å²) in [5.74, 6) is -2.15. The zero-order valence-electron chi connectivity index (χ0n) is 12.3. The molecule has 0 saturated heterocycles. The average molecular weight is 318 g/mol. The fourth-order valence-corrected chi connectivity index (χ4v) is 2.71. The molecule has 0 bridgehead atoms.